The second kappa shape index (κ2) is 6.59. The zero-order valence-corrected chi connectivity index (χ0v) is 14.5. The molecule has 1 aromatic heterocycles. The Hall–Kier alpha value is -2.21. The molecule has 4 rings (SSSR count). The smallest absolute Gasteiger partial charge is 0.261 e. The van der Waals surface area contributed by atoms with E-state index in [2.05, 4.69) is 15.6 Å². The summed E-state index contributed by atoms with van der Waals surface area (Å²) in [7, 11) is 0. The zero-order valence-electron chi connectivity index (χ0n) is 14.5. The Morgan fingerprint density at radius 2 is 2.08 bits per heavy atom. The van der Waals surface area contributed by atoms with Crippen molar-refractivity contribution in [2.45, 2.75) is 63.7 Å². The topological polar surface area (TPSA) is 76.0 Å². The van der Waals surface area contributed by atoms with Crippen LogP contribution in [0.25, 0.3) is 10.9 Å². The van der Waals surface area contributed by atoms with Crippen LogP contribution in [0.2, 0.25) is 0 Å². The minimum absolute atomic E-state index is 0.0162. The van der Waals surface area contributed by atoms with Crippen LogP contribution in [0.3, 0.4) is 0 Å². The summed E-state index contributed by atoms with van der Waals surface area (Å²) in [4.78, 5) is 29.2. The standard InChI is InChI=1S/C19H24N4O2/c1-12-3-2-4-16-18(12)20-11-23(19(16)25)8-7-17(24)22-15-9-13-5-6-14(10-15)21-13/h2-4,11,13-15,21H,5-10H2,1H3,(H,22,24). The van der Waals surface area contributed by atoms with Crippen LogP contribution >= 0.6 is 0 Å². The lowest BCUT2D eigenvalue weighted by molar-refractivity contribution is -0.122. The van der Waals surface area contributed by atoms with Crippen molar-refractivity contribution in [3.63, 3.8) is 0 Å². The van der Waals surface area contributed by atoms with Gasteiger partial charge in [-0.05, 0) is 44.2 Å². The molecule has 2 fully saturated rings. The molecule has 1 aromatic carbocycles. The fourth-order valence-electron chi connectivity index (χ4n) is 4.19. The number of nitrogens with one attached hydrogen (secondary N) is 2. The number of fused-ring (bicyclic) bond motifs is 3. The Morgan fingerprint density at radius 3 is 2.84 bits per heavy atom. The number of benzene rings is 1. The molecular formula is C19H24N4O2. The number of piperidine rings is 1. The van der Waals surface area contributed by atoms with Gasteiger partial charge in [-0.3, -0.25) is 14.2 Å². The minimum Gasteiger partial charge on any atom is -0.353 e. The Labute approximate surface area is 146 Å². The van der Waals surface area contributed by atoms with Crippen molar-refractivity contribution in [3.05, 3.63) is 40.4 Å². The van der Waals surface area contributed by atoms with Gasteiger partial charge in [0.2, 0.25) is 5.91 Å². The molecule has 2 N–H and O–H groups in total. The lowest BCUT2D eigenvalue weighted by Gasteiger charge is -2.29. The van der Waals surface area contributed by atoms with Gasteiger partial charge in [0, 0.05) is 31.1 Å². The van der Waals surface area contributed by atoms with Gasteiger partial charge >= 0.3 is 0 Å². The largest absolute Gasteiger partial charge is 0.353 e. The Bertz CT molecular complexity index is 848. The van der Waals surface area contributed by atoms with E-state index < -0.39 is 0 Å². The normalized spacial score (nSPS) is 25.2. The third kappa shape index (κ3) is 3.31. The predicted octanol–water partition coefficient (Wildman–Crippen LogP) is 1.49. The van der Waals surface area contributed by atoms with Gasteiger partial charge < -0.3 is 10.6 Å². The first-order valence-electron chi connectivity index (χ1n) is 9.10. The number of nitrogens with zero attached hydrogens (tertiary/aromatic N) is 2. The average molecular weight is 340 g/mol. The summed E-state index contributed by atoms with van der Waals surface area (Å²) in [5.41, 5.74) is 1.64. The third-order valence-corrected chi connectivity index (χ3v) is 5.47. The molecule has 132 valence electrons. The highest BCUT2D eigenvalue weighted by molar-refractivity contribution is 5.80. The number of rotatable bonds is 4. The maximum Gasteiger partial charge on any atom is 0.261 e. The molecule has 6 heteroatoms. The first kappa shape index (κ1) is 16.3. The quantitative estimate of drug-likeness (QED) is 0.884. The second-order valence-electron chi connectivity index (χ2n) is 7.34. The van der Waals surface area contributed by atoms with Crippen LogP contribution in [0.5, 0.6) is 0 Å². The molecule has 6 nitrogen and oxygen atoms in total. The highest BCUT2D eigenvalue weighted by Gasteiger charge is 2.33. The lowest BCUT2D eigenvalue weighted by Crippen LogP contribution is -2.48. The molecule has 2 atom stereocenters. The van der Waals surface area contributed by atoms with Gasteiger partial charge in [0.1, 0.15) is 0 Å². The molecule has 2 unspecified atom stereocenters. The molecule has 3 heterocycles. The van der Waals surface area contributed by atoms with E-state index in [1.165, 1.54) is 17.4 Å². The number of aryl methyl sites for hydroxylation is 2. The summed E-state index contributed by atoms with van der Waals surface area (Å²) in [6.45, 7) is 2.30. The van der Waals surface area contributed by atoms with Crippen molar-refractivity contribution in [1.29, 1.82) is 0 Å². The number of carbonyl (C=O) groups excluding carboxylic acids is 1. The van der Waals surface area contributed by atoms with E-state index in [1.807, 2.05) is 19.1 Å². The molecule has 0 aliphatic carbocycles. The number of amides is 1. The summed E-state index contributed by atoms with van der Waals surface area (Å²) in [6, 6.07) is 6.97. The van der Waals surface area contributed by atoms with Gasteiger partial charge in [-0.2, -0.15) is 0 Å². The van der Waals surface area contributed by atoms with Crippen LogP contribution in [0, 0.1) is 6.92 Å². The molecule has 0 saturated carbocycles. The monoisotopic (exact) mass is 340 g/mol. The lowest BCUT2D eigenvalue weighted by atomic mass is 10.00. The maximum atomic E-state index is 12.6. The minimum atomic E-state index is -0.0820. The third-order valence-electron chi connectivity index (χ3n) is 5.47. The van der Waals surface area contributed by atoms with Crippen LogP contribution in [0.1, 0.15) is 37.7 Å². The Kier molecular flexibility index (Phi) is 4.29. The van der Waals surface area contributed by atoms with Crippen molar-refractivity contribution in [3.8, 4) is 0 Å². The molecule has 0 radical (unpaired) electrons. The summed E-state index contributed by atoms with van der Waals surface area (Å²) >= 11 is 0. The fraction of sp³-hybridized carbons (Fsp3) is 0.526. The molecule has 25 heavy (non-hydrogen) atoms. The van der Waals surface area contributed by atoms with Crippen LogP contribution in [-0.2, 0) is 11.3 Å². The molecule has 1 amide bonds. The summed E-state index contributed by atoms with van der Waals surface area (Å²) in [6.07, 6.45) is 6.31. The summed E-state index contributed by atoms with van der Waals surface area (Å²) < 4.78 is 1.54. The number of hydrogen-bond acceptors (Lipinski definition) is 4. The number of carbonyl (C=O) groups is 1. The van der Waals surface area contributed by atoms with Gasteiger partial charge in [0.25, 0.3) is 5.56 Å². The number of para-hydroxylation sites is 1. The number of aromatic nitrogens is 2. The van der Waals surface area contributed by atoms with Crippen LogP contribution in [0.4, 0.5) is 0 Å². The average Bonchev–Trinajstić information content (AvgIpc) is 2.93. The van der Waals surface area contributed by atoms with E-state index >= 15 is 0 Å². The Morgan fingerprint density at radius 1 is 1.32 bits per heavy atom. The first-order chi connectivity index (χ1) is 12.1. The first-order valence-corrected chi connectivity index (χ1v) is 9.10. The Balaban J connectivity index is 1.39. The molecule has 2 aromatic rings. The second-order valence-corrected chi connectivity index (χ2v) is 7.34. The van der Waals surface area contributed by atoms with Gasteiger partial charge in [-0.25, -0.2) is 4.98 Å². The highest BCUT2D eigenvalue weighted by Crippen LogP contribution is 2.26. The van der Waals surface area contributed by atoms with Crippen molar-refractivity contribution >= 4 is 16.8 Å². The van der Waals surface area contributed by atoms with E-state index in [-0.39, 0.29) is 17.5 Å². The SMILES string of the molecule is Cc1cccc2c(=O)n(CCC(=O)NC3CC4CCC(C3)N4)cnc12. The van der Waals surface area contributed by atoms with E-state index in [9.17, 15) is 9.59 Å². The van der Waals surface area contributed by atoms with Gasteiger partial charge in [0.15, 0.2) is 0 Å². The van der Waals surface area contributed by atoms with E-state index in [4.69, 9.17) is 0 Å². The van der Waals surface area contributed by atoms with Gasteiger partial charge in [0.05, 0.1) is 17.2 Å². The predicted molar refractivity (Wildman–Crippen MR) is 96.5 cm³/mol. The van der Waals surface area contributed by atoms with Crippen molar-refractivity contribution in [2.75, 3.05) is 0 Å². The molecule has 2 saturated heterocycles. The fourth-order valence-corrected chi connectivity index (χ4v) is 4.19. The van der Waals surface area contributed by atoms with Crippen molar-refractivity contribution in [1.82, 2.24) is 20.2 Å². The van der Waals surface area contributed by atoms with Gasteiger partial charge in [-0.1, -0.05) is 12.1 Å². The molecule has 2 bridgehead atoms. The number of hydrogen-bond donors (Lipinski definition) is 2. The highest BCUT2D eigenvalue weighted by atomic mass is 16.2. The van der Waals surface area contributed by atoms with Crippen molar-refractivity contribution in [2.24, 2.45) is 0 Å². The van der Waals surface area contributed by atoms with E-state index in [0.29, 0.717) is 30.4 Å². The van der Waals surface area contributed by atoms with E-state index in [1.54, 1.807) is 12.4 Å². The zero-order chi connectivity index (χ0) is 17.4. The van der Waals surface area contributed by atoms with Crippen LogP contribution < -0.4 is 16.2 Å². The van der Waals surface area contributed by atoms with Crippen molar-refractivity contribution < 1.29 is 4.79 Å². The summed E-state index contributed by atoms with van der Waals surface area (Å²) in [5, 5.41) is 7.33. The summed E-state index contributed by atoms with van der Waals surface area (Å²) in [5.74, 6) is 0.0162. The maximum absolute atomic E-state index is 12.6. The van der Waals surface area contributed by atoms with Crippen LogP contribution in [-0.4, -0.2) is 33.6 Å². The van der Waals surface area contributed by atoms with Crippen LogP contribution in [0.15, 0.2) is 29.3 Å². The molecule has 0 spiro atoms. The van der Waals surface area contributed by atoms with Gasteiger partial charge in [-0.15, -0.1) is 0 Å². The van der Waals surface area contributed by atoms with E-state index in [0.717, 1.165) is 23.9 Å². The molecule has 2 aliphatic heterocycles. The molecular weight excluding hydrogens is 316 g/mol. The molecule has 2 aliphatic rings.